The molecule has 1 aromatic rings. The minimum atomic E-state index is -0.512. The molecule has 1 aromatic heterocycles. The van der Waals surface area contributed by atoms with Crippen molar-refractivity contribution in [2.24, 2.45) is 0 Å². The van der Waals surface area contributed by atoms with Crippen LogP contribution >= 0.6 is 27.3 Å². The van der Waals surface area contributed by atoms with Crippen LogP contribution in [-0.2, 0) is 6.42 Å². The van der Waals surface area contributed by atoms with Crippen LogP contribution in [0.2, 0.25) is 0 Å². The van der Waals surface area contributed by atoms with Gasteiger partial charge in [-0.05, 0) is 40.8 Å². The maximum Gasteiger partial charge on any atom is 0.0834 e. The standard InChI is InChI=1S/C10H14BrNOS/c1-12-4-3-10(13,7-12)6-9-8(11)2-5-14-9/h2,5,13H,3-4,6-7H2,1H3. The van der Waals surface area contributed by atoms with Crippen molar-refractivity contribution in [1.29, 1.82) is 0 Å². The molecule has 1 fully saturated rings. The second kappa shape index (κ2) is 3.93. The zero-order valence-corrected chi connectivity index (χ0v) is 10.6. The van der Waals surface area contributed by atoms with Crippen LogP contribution in [0.3, 0.4) is 0 Å². The number of likely N-dealkylation sites (tertiary alicyclic amines) is 1. The van der Waals surface area contributed by atoms with Gasteiger partial charge in [-0.3, -0.25) is 0 Å². The summed E-state index contributed by atoms with van der Waals surface area (Å²) in [5, 5.41) is 12.4. The number of hydrogen-bond donors (Lipinski definition) is 1. The van der Waals surface area contributed by atoms with E-state index < -0.39 is 5.60 Å². The molecule has 0 radical (unpaired) electrons. The smallest absolute Gasteiger partial charge is 0.0834 e. The van der Waals surface area contributed by atoms with Crippen molar-refractivity contribution >= 4 is 27.3 Å². The van der Waals surface area contributed by atoms with Crippen LogP contribution in [0.15, 0.2) is 15.9 Å². The fourth-order valence-electron chi connectivity index (χ4n) is 1.95. The number of β-amino-alcohol motifs (C(OH)–C–C–N with tert-alkyl or cyclic N) is 1. The van der Waals surface area contributed by atoms with Gasteiger partial charge in [0.25, 0.3) is 0 Å². The fourth-order valence-corrected chi connectivity index (χ4v) is 3.58. The summed E-state index contributed by atoms with van der Waals surface area (Å²) in [5.74, 6) is 0. The summed E-state index contributed by atoms with van der Waals surface area (Å²) in [4.78, 5) is 3.43. The lowest BCUT2D eigenvalue weighted by molar-refractivity contribution is 0.0530. The summed E-state index contributed by atoms with van der Waals surface area (Å²) in [5.41, 5.74) is -0.512. The first-order chi connectivity index (χ1) is 6.59. The largest absolute Gasteiger partial charge is 0.388 e. The van der Waals surface area contributed by atoms with Gasteiger partial charge in [-0.25, -0.2) is 0 Å². The van der Waals surface area contributed by atoms with E-state index >= 15 is 0 Å². The van der Waals surface area contributed by atoms with Crippen molar-refractivity contribution in [3.05, 3.63) is 20.8 Å². The first-order valence-corrected chi connectivity index (χ1v) is 6.39. The lowest BCUT2D eigenvalue weighted by atomic mass is 9.98. The molecular weight excluding hydrogens is 262 g/mol. The van der Waals surface area contributed by atoms with E-state index in [0.717, 1.165) is 30.4 Å². The lowest BCUT2D eigenvalue weighted by Gasteiger charge is -2.21. The van der Waals surface area contributed by atoms with Crippen LogP contribution < -0.4 is 0 Å². The SMILES string of the molecule is CN1CCC(O)(Cc2sccc2Br)C1. The second-order valence-electron chi connectivity index (χ2n) is 4.08. The van der Waals surface area contributed by atoms with E-state index in [0.29, 0.717) is 0 Å². The van der Waals surface area contributed by atoms with Crippen LogP contribution in [-0.4, -0.2) is 35.7 Å². The Morgan fingerprint density at radius 2 is 2.50 bits per heavy atom. The first kappa shape index (κ1) is 10.6. The molecule has 0 aliphatic carbocycles. The van der Waals surface area contributed by atoms with E-state index in [2.05, 4.69) is 33.3 Å². The van der Waals surface area contributed by atoms with Crippen LogP contribution in [0.5, 0.6) is 0 Å². The molecule has 1 saturated heterocycles. The Morgan fingerprint density at radius 3 is 3.00 bits per heavy atom. The Balaban J connectivity index is 2.07. The Labute approximate surface area is 96.7 Å². The Kier molecular flexibility index (Phi) is 2.98. The molecule has 0 saturated carbocycles. The summed E-state index contributed by atoms with van der Waals surface area (Å²) in [7, 11) is 2.06. The van der Waals surface area contributed by atoms with Crippen LogP contribution in [0.4, 0.5) is 0 Å². The van der Waals surface area contributed by atoms with E-state index in [-0.39, 0.29) is 0 Å². The van der Waals surface area contributed by atoms with E-state index in [1.54, 1.807) is 11.3 Å². The monoisotopic (exact) mass is 275 g/mol. The Hall–Kier alpha value is 0.100. The van der Waals surface area contributed by atoms with Gasteiger partial charge in [0, 0.05) is 28.9 Å². The van der Waals surface area contributed by atoms with Crippen molar-refractivity contribution < 1.29 is 5.11 Å². The van der Waals surface area contributed by atoms with Gasteiger partial charge in [-0.2, -0.15) is 0 Å². The van der Waals surface area contributed by atoms with Gasteiger partial charge in [0.2, 0.25) is 0 Å². The number of thiophene rings is 1. The van der Waals surface area contributed by atoms with E-state index in [1.165, 1.54) is 4.88 Å². The molecule has 0 amide bonds. The Morgan fingerprint density at radius 1 is 1.71 bits per heavy atom. The zero-order valence-electron chi connectivity index (χ0n) is 8.16. The number of nitrogens with zero attached hydrogens (tertiary/aromatic N) is 1. The Bertz CT molecular complexity index is 328. The van der Waals surface area contributed by atoms with Gasteiger partial charge in [0.1, 0.15) is 0 Å². The molecule has 1 aliphatic heterocycles. The van der Waals surface area contributed by atoms with Crippen molar-refractivity contribution in [2.45, 2.75) is 18.4 Å². The predicted octanol–water partition coefficient (Wildman–Crippen LogP) is 2.12. The fraction of sp³-hybridized carbons (Fsp3) is 0.600. The molecule has 4 heteroatoms. The van der Waals surface area contributed by atoms with Gasteiger partial charge >= 0.3 is 0 Å². The van der Waals surface area contributed by atoms with Crippen molar-refractivity contribution in [3.8, 4) is 0 Å². The highest BCUT2D eigenvalue weighted by Crippen LogP contribution is 2.31. The van der Waals surface area contributed by atoms with E-state index in [4.69, 9.17) is 0 Å². The molecule has 0 bridgehead atoms. The van der Waals surface area contributed by atoms with Gasteiger partial charge in [-0.15, -0.1) is 11.3 Å². The molecule has 2 rings (SSSR count). The highest BCUT2D eigenvalue weighted by molar-refractivity contribution is 9.10. The number of likely N-dealkylation sites (N-methyl/N-ethyl adjacent to an activating group) is 1. The molecule has 78 valence electrons. The summed E-state index contributed by atoms with van der Waals surface area (Å²) in [6.07, 6.45) is 1.66. The topological polar surface area (TPSA) is 23.5 Å². The maximum absolute atomic E-state index is 10.3. The first-order valence-electron chi connectivity index (χ1n) is 4.72. The lowest BCUT2D eigenvalue weighted by Crippen LogP contribution is -2.34. The summed E-state index contributed by atoms with van der Waals surface area (Å²) in [6, 6.07) is 2.04. The number of rotatable bonds is 2. The molecule has 1 atom stereocenters. The third-order valence-corrected chi connectivity index (χ3v) is 4.63. The third-order valence-electron chi connectivity index (χ3n) is 2.70. The zero-order chi connectivity index (χ0) is 10.2. The van der Waals surface area contributed by atoms with Gasteiger partial charge in [0.05, 0.1) is 5.60 Å². The van der Waals surface area contributed by atoms with Gasteiger partial charge < -0.3 is 10.0 Å². The number of halogens is 1. The summed E-state index contributed by atoms with van der Waals surface area (Å²) >= 11 is 5.21. The van der Waals surface area contributed by atoms with Crippen molar-refractivity contribution in [2.75, 3.05) is 20.1 Å². The molecule has 1 unspecified atom stereocenters. The second-order valence-corrected chi connectivity index (χ2v) is 5.94. The third kappa shape index (κ3) is 2.19. The maximum atomic E-state index is 10.3. The van der Waals surface area contributed by atoms with Crippen LogP contribution in [0.25, 0.3) is 0 Å². The van der Waals surface area contributed by atoms with Gasteiger partial charge in [0.15, 0.2) is 0 Å². The van der Waals surface area contributed by atoms with Crippen LogP contribution in [0, 0.1) is 0 Å². The minimum Gasteiger partial charge on any atom is -0.388 e. The minimum absolute atomic E-state index is 0.512. The summed E-state index contributed by atoms with van der Waals surface area (Å²) in [6.45, 7) is 1.79. The molecular formula is C10H14BrNOS. The highest BCUT2D eigenvalue weighted by Gasteiger charge is 2.35. The van der Waals surface area contributed by atoms with Gasteiger partial charge in [-0.1, -0.05) is 0 Å². The van der Waals surface area contributed by atoms with E-state index in [9.17, 15) is 5.11 Å². The quantitative estimate of drug-likeness (QED) is 0.894. The van der Waals surface area contributed by atoms with Crippen molar-refractivity contribution in [1.82, 2.24) is 4.90 Å². The predicted molar refractivity (Wildman–Crippen MR) is 62.8 cm³/mol. The molecule has 2 nitrogen and oxygen atoms in total. The average Bonchev–Trinajstić information content (AvgIpc) is 2.62. The molecule has 1 aliphatic rings. The van der Waals surface area contributed by atoms with Crippen molar-refractivity contribution in [3.63, 3.8) is 0 Å². The summed E-state index contributed by atoms with van der Waals surface area (Å²) < 4.78 is 1.13. The molecule has 0 aromatic carbocycles. The number of hydrogen-bond acceptors (Lipinski definition) is 3. The van der Waals surface area contributed by atoms with E-state index in [1.807, 2.05) is 6.07 Å². The molecule has 2 heterocycles. The highest BCUT2D eigenvalue weighted by atomic mass is 79.9. The molecule has 0 spiro atoms. The van der Waals surface area contributed by atoms with Crippen LogP contribution in [0.1, 0.15) is 11.3 Å². The average molecular weight is 276 g/mol. The normalized spacial score (nSPS) is 28.5. The number of aliphatic hydroxyl groups is 1. The molecule has 14 heavy (non-hydrogen) atoms. The molecule has 1 N–H and O–H groups in total.